The predicted octanol–water partition coefficient (Wildman–Crippen LogP) is 3.13. The van der Waals surface area contributed by atoms with Crippen LogP contribution in [0.1, 0.15) is 20.8 Å². The summed E-state index contributed by atoms with van der Waals surface area (Å²) >= 11 is 3.19. The van der Waals surface area contributed by atoms with E-state index in [4.69, 9.17) is 9.47 Å². The van der Waals surface area contributed by atoms with Gasteiger partial charge in [0.15, 0.2) is 5.78 Å². The van der Waals surface area contributed by atoms with Crippen LogP contribution in [0, 0.1) is 11.2 Å². The molecule has 20 heavy (non-hydrogen) atoms. The van der Waals surface area contributed by atoms with Gasteiger partial charge in [-0.15, -0.1) is 0 Å². The Balaban J connectivity index is 2.71. The molecule has 0 saturated carbocycles. The molecule has 1 aromatic carbocycles. The fourth-order valence-corrected chi connectivity index (χ4v) is 1.70. The SMILES string of the molecule is CCOC(=O)C(C)(C)C(=O)COc1cc(F)ccc1Br. The molecule has 0 aromatic heterocycles. The molecule has 0 fully saturated rings. The summed E-state index contributed by atoms with van der Waals surface area (Å²) in [5.74, 6) is -1.31. The highest BCUT2D eigenvalue weighted by Crippen LogP contribution is 2.26. The first kappa shape index (κ1) is 16.6. The summed E-state index contributed by atoms with van der Waals surface area (Å²) in [6.45, 7) is 4.47. The fourth-order valence-electron chi connectivity index (χ4n) is 1.34. The molecule has 0 atom stereocenters. The summed E-state index contributed by atoms with van der Waals surface area (Å²) in [5, 5.41) is 0. The van der Waals surface area contributed by atoms with Gasteiger partial charge in [-0.05, 0) is 48.8 Å². The molecule has 4 nitrogen and oxygen atoms in total. The zero-order valence-electron chi connectivity index (χ0n) is 11.5. The molecule has 0 amide bonds. The average Bonchev–Trinajstić information content (AvgIpc) is 2.39. The first-order valence-electron chi connectivity index (χ1n) is 6.07. The van der Waals surface area contributed by atoms with Crippen LogP contribution < -0.4 is 4.74 Å². The topological polar surface area (TPSA) is 52.6 Å². The maximum Gasteiger partial charge on any atom is 0.319 e. The molecule has 0 aliphatic carbocycles. The van der Waals surface area contributed by atoms with Crippen molar-refractivity contribution < 1.29 is 23.5 Å². The minimum absolute atomic E-state index is 0.200. The normalized spacial score (nSPS) is 11.1. The van der Waals surface area contributed by atoms with Gasteiger partial charge >= 0.3 is 5.97 Å². The number of hydrogen-bond acceptors (Lipinski definition) is 4. The van der Waals surface area contributed by atoms with E-state index < -0.39 is 23.0 Å². The fraction of sp³-hybridized carbons (Fsp3) is 0.429. The second kappa shape index (κ2) is 6.83. The first-order chi connectivity index (χ1) is 9.28. The van der Waals surface area contributed by atoms with Gasteiger partial charge in [0.25, 0.3) is 0 Å². The number of ketones is 1. The van der Waals surface area contributed by atoms with E-state index in [2.05, 4.69) is 15.9 Å². The van der Waals surface area contributed by atoms with Gasteiger partial charge in [-0.3, -0.25) is 9.59 Å². The van der Waals surface area contributed by atoms with Crippen LogP contribution in [-0.4, -0.2) is 25.0 Å². The summed E-state index contributed by atoms with van der Waals surface area (Å²) < 4.78 is 23.7. The van der Waals surface area contributed by atoms with Crippen LogP contribution in [0.25, 0.3) is 0 Å². The Labute approximate surface area is 125 Å². The van der Waals surface area contributed by atoms with E-state index in [1.807, 2.05) is 0 Å². The third-order valence-electron chi connectivity index (χ3n) is 2.73. The Kier molecular flexibility index (Phi) is 5.68. The number of halogens is 2. The lowest BCUT2D eigenvalue weighted by Gasteiger charge is -2.20. The van der Waals surface area contributed by atoms with E-state index in [1.165, 1.54) is 26.0 Å². The zero-order valence-corrected chi connectivity index (χ0v) is 13.1. The maximum absolute atomic E-state index is 13.1. The molecule has 6 heteroatoms. The molecular weight excluding hydrogens is 331 g/mol. The number of esters is 1. The van der Waals surface area contributed by atoms with E-state index in [-0.39, 0.29) is 19.0 Å². The molecule has 0 aliphatic rings. The van der Waals surface area contributed by atoms with E-state index in [0.717, 1.165) is 6.07 Å². The van der Waals surface area contributed by atoms with Gasteiger partial charge in [0, 0.05) is 6.07 Å². The number of carbonyl (C=O) groups excluding carboxylic acids is 2. The number of Topliss-reactive ketones (excluding diaryl/α,β-unsaturated/α-hetero) is 1. The smallest absolute Gasteiger partial charge is 0.319 e. The second-order valence-corrected chi connectivity index (χ2v) is 5.49. The van der Waals surface area contributed by atoms with Crippen molar-refractivity contribution in [2.75, 3.05) is 13.2 Å². The van der Waals surface area contributed by atoms with E-state index in [1.54, 1.807) is 6.92 Å². The molecule has 0 spiro atoms. The van der Waals surface area contributed by atoms with Crippen LogP contribution in [0.15, 0.2) is 22.7 Å². The molecule has 0 heterocycles. The molecule has 1 rings (SSSR count). The van der Waals surface area contributed by atoms with Crippen LogP contribution in [0.5, 0.6) is 5.75 Å². The van der Waals surface area contributed by atoms with Crippen molar-refractivity contribution in [3.8, 4) is 5.75 Å². The Morgan fingerprint density at radius 2 is 2.00 bits per heavy atom. The summed E-state index contributed by atoms with van der Waals surface area (Å²) in [6.07, 6.45) is 0. The van der Waals surface area contributed by atoms with Crippen molar-refractivity contribution in [1.29, 1.82) is 0 Å². The summed E-state index contributed by atoms with van der Waals surface area (Å²) in [4.78, 5) is 23.7. The maximum atomic E-state index is 13.1. The third-order valence-corrected chi connectivity index (χ3v) is 3.39. The zero-order chi connectivity index (χ0) is 15.3. The van der Waals surface area contributed by atoms with Gasteiger partial charge in [-0.25, -0.2) is 4.39 Å². The van der Waals surface area contributed by atoms with Crippen molar-refractivity contribution in [3.05, 3.63) is 28.5 Å². The average molecular weight is 347 g/mol. The lowest BCUT2D eigenvalue weighted by molar-refractivity contribution is -0.158. The predicted molar refractivity (Wildman–Crippen MR) is 75.0 cm³/mol. The molecule has 0 unspecified atom stereocenters. The molecular formula is C14H16BrFO4. The van der Waals surface area contributed by atoms with Crippen LogP contribution >= 0.6 is 15.9 Å². The highest BCUT2D eigenvalue weighted by Gasteiger charge is 2.37. The van der Waals surface area contributed by atoms with E-state index in [9.17, 15) is 14.0 Å². The minimum Gasteiger partial charge on any atom is -0.485 e. The van der Waals surface area contributed by atoms with Gasteiger partial charge in [0.1, 0.15) is 23.6 Å². The Morgan fingerprint density at radius 3 is 2.60 bits per heavy atom. The molecule has 0 radical (unpaired) electrons. The van der Waals surface area contributed by atoms with Crippen molar-refractivity contribution in [1.82, 2.24) is 0 Å². The second-order valence-electron chi connectivity index (χ2n) is 4.63. The number of hydrogen-bond donors (Lipinski definition) is 0. The molecule has 1 aromatic rings. The highest BCUT2D eigenvalue weighted by atomic mass is 79.9. The van der Waals surface area contributed by atoms with Gasteiger partial charge in [-0.1, -0.05) is 0 Å². The molecule has 0 N–H and O–H groups in total. The number of carbonyl (C=O) groups is 2. The summed E-state index contributed by atoms with van der Waals surface area (Å²) in [7, 11) is 0. The van der Waals surface area contributed by atoms with Gasteiger partial charge in [0.05, 0.1) is 11.1 Å². The van der Waals surface area contributed by atoms with Gasteiger partial charge in [0.2, 0.25) is 0 Å². The molecule has 110 valence electrons. The number of benzene rings is 1. The summed E-state index contributed by atoms with van der Waals surface area (Å²) in [5.41, 5.74) is -1.30. The lowest BCUT2D eigenvalue weighted by Crippen LogP contribution is -2.38. The quantitative estimate of drug-likeness (QED) is 0.586. The summed E-state index contributed by atoms with van der Waals surface area (Å²) in [6, 6.07) is 3.90. The highest BCUT2D eigenvalue weighted by molar-refractivity contribution is 9.10. The molecule has 0 aliphatic heterocycles. The number of ether oxygens (including phenoxy) is 2. The Morgan fingerprint density at radius 1 is 1.35 bits per heavy atom. The van der Waals surface area contributed by atoms with Gasteiger partial charge < -0.3 is 9.47 Å². The van der Waals surface area contributed by atoms with E-state index in [0.29, 0.717) is 4.47 Å². The largest absolute Gasteiger partial charge is 0.485 e. The third kappa shape index (κ3) is 4.03. The van der Waals surface area contributed by atoms with Gasteiger partial charge in [-0.2, -0.15) is 0 Å². The Hall–Kier alpha value is -1.43. The number of rotatable bonds is 6. The van der Waals surface area contributed by atoms with Crippen molar-refractivity contribution in [2.24, 2.45) is 5.41 Å². The minimum atomic E-state index is -1.30. The monoisotopic (exact) mass is 346 g/mol. The van der Waals surface area contributed by atoms with Crippen LogP contribution in [-0.2, 0) is 14.3 Å². The van der Waals surface area contributed by atoms with Crippen molar-refractivity contribution in [3.63, 3.8) is 0 Å². The van der Waals surface area contributed by atoms with Crippen LogP contribution in [0.4, 0.5) is 4.39 Å². The standard InChI is InChI=1S/C14H16BrFO4/c1-4-19-13(18)14(2,3)12(17)8-20-11-7-9(16)5-6-10(11)15/h5-7H,4,8H2,1-3H3. The first-order valence-corrected chi connectivity index (χ1v) is 6.86. The molecule has 0 saturated heterocycles. The van der Waals surface area contributed by atoms with Crippen molar-refractivity contribution >= 4 is 27.7 Å². The Bertz CT molecular complexity index is 514. The van der Waals surface area contributed by atoms with Crippen LogP contribution in [0.3, 0.4) is 0 Å². The van der Waals surface area contributed by atoms with Crippen LogP contribution in [0.2, 0.25) is 0 Å². The van der Waals surface area contributed by atoms with E-state index >= 15 is 0 Å². The lowest BCUT2D eigenvalue weighted by atomic mass is 9.88. The molecule has 0 bridgehead atoms. The van der Waals surface area contributed by atoms with Crippen molar-refractivity contribution in [2.45, 2.75) is 20.8 Å².